The van der Waals surface area contributed by atoms with Crippen molar-refractivity contribution in [3.8, 4) is 0 Å². The molecule has 0 radical (unpaired) electrons. The van der Waals surface area contributed by atoms with Crippen molar-refractivity contribution in [2.45, 2.75) is 0 Å². The molecule has 2 N–H and O–H groups in total. The van der Waals surface area contributed by atoms with E-state index in [2.05, 4.69) is 20.2 Å². The van der Waals surface area contributed by atoms with Gasteiger partial charge in [-0.2, -0.15) is 4.02 Å². The highest BCUT2D eigenvalue weighted by molar-refractivity contribution is 9.08. The Bertz CT molecular complexity index is 457. The maximum Gasteiger partial charge on any atom is 0.212 e. The van der Waals surface area contributed by atoms with E-state index >= 15 is 0 Å². The lowest BCUT2D eigenvalue weighted by Gasteiger charge is -2.23. The molecule has 0 amide bonds. The molecular formula is C13H12BrN3. The molecular weight excluding hydrogens is 278 g/mol. The van der Waals surface area contributed by atoms with Gasteiger partial charge in [0.2, 0.25) is 5.96 Å². The molecule has 2 aromatic rings. The molecule has 0 saturated heterocycles. The molecule has 0 aliphatic heterocycles. The first kappa shape index (κ1) is 11.7. The van der Waals surface area contributed by atoms with Crippen LogP contribution in [0.4, 0.5) is 11.4 Å². The van der Waals surface area contributed by atoms with Gasteiger partial charge in [0.25, 0.3) is 0 Å². The summed E-state index contributed by atoms with van der Waals surface area (Å²) < 4.78 is 3.87. The Balaban J connectivity index is 2.47. The second-order valence-corrected chi connectivity index (χ2v) is 3.80. The molecule has 0 unspecified atom stereocenters. The standard InChI is InChI=1S/C13H12BrN3/c14-16-13(15)17(11-7-3-1-4-8-11)12-9-5-2-6-10-12/h1-10H,(H2,15,16). The van der Waals surface area contributed by atoms with Gasteiger partial charge < -0.3 is 5.73 Å². The first-order valence-electron chi connectivity index (χ1n) is 5.17. The molecule has 0 aliphatic carbocycles. The Morgan fingerprint density at radius 3 is 1.65 bits per heavy atom. The SMILES string of the molecule is N/C(=N\Br)N(c1ccccc1)c1ccccc1. The second-order valence-electron chi connectivity index (χ2n) is 3.45. The number of hydrogen-bond acceptors (Lipinski definition) is 1. The van der Waals surface area contributed by atoms with Crippen molar-refractivity contribution in [2.24, 2.45) is 9.75 Å². The molecule has 4 heteroatoms. The summed E-state index contributed by atoms with van der Waals surface area (Å²) in [6, 6.07) is 19.7. The molecule has 2 aromatic carbocycles. The minimum absolute atomic E-state index is 0.391. The van der Waals surface area contributed by atoms with Gasteiger partial charge >= 0.3 is 0 Å². The van der Waals surface area contributed by atoms with Gasteiger partial charge in [-0.3, -0.25) is 4.90 Å². The minimum atomic E-state index is 0.391. The minimum Gasteiger partial charge on any atom is -0.368 e. The van der Waals surface area contributed by atoms with E-state index in [-0.39, 0.29) is 0 Å². The van der Waals surface area contributed by atoms with Crippen LogP contribution >= 0.6 is 16.1 Å². The molecule has 0 atom stereocenters. The van der Waals surface area contributed by atoms with Crippen molar-refractivity contribution in [1.29, 1.82) is 0 Å². The Kier molecular flexibility index (Phi) is 3.77. The van der Waals surface area contributed by atoms with Crippen LogP contribution in [0.2, 0.25) is 0 Å². The van der Waals surface area contributed by atoms with Crippen LogP contribution in [-0.2, 0) is 0 Å². The van der Waals surface area contributed by atoms with Crippen molar-refractivity contribution in [2.75, 3.05) is 4.90 Å². The van der Waals surface area contributed by atoms with E-state index < -0.39 is 0 Å². The monoisotopic (exact) mass is 289 g/mol. The average molecular weight is 290 g/mol. The van der Waals surface area contributed by atoms with Crippen molar-refractivity contribution in [1.82, 2.24) is 0 Å². The number of hydrogen-bond donors (Lipinski definition) is 1. The Morgan fingerprint density at radius 2 is 1.29 bits per heavy atom. The molecule has 0 aliphatic rings. The van der Waals surface area contributed by atoms with Gasteiger partial charge in [-0.25, -0.2) is 0 Å². The molecule has 0 bridgehead atoms. The molecule has 0 aromatic heterocycles. The lowest BCUT2D eigenvalue weighted by molar-refractivity contribution is 1.31. The van der Waals surface area contributed by atoms with Gasteiger partial charge in [0, 0.05) is 11.4 Å². The fraction of sp³-hybridized carbons (Fsp3) is 0. The zero-order valence-electron chi connectivity index (χ0n) is 9.12. The van der Waals surface area contributed by atoms with Crippen molar-refractivity contribution in [3.63, 3.8) is 0 Å². The Hall–Kier alpha value is -1.81. The van der Waals surface area contributed by atoms with Gasteiger partial charge in [-0.1, -0.05) is 36.4 Å². The predicted octanol–water partition coefficient (Wildman–Crippen LogP) is 3.45. The van der Waals surface area contributed by atoms with Gasteiger partial charge in [0.05, 0.1) is 16.1 Å². The van der Waals surface area contributed by atoms with E-state index in [0.717, 1.165) is 11.4 Å². The van der Waals surface area contributed by atoms with E-state index in [9.17, 15) is 0 Å². The molecule has 0 spiro atoms. The van der Waals surface area contributed by atoms with E-state index in [1.54, 1.807) is 0 Å². The molecule has 0 fully saturated rings. The van der Waals surface area contributed by atoms with Crippen LogP contribution in [0.25, 0.3) is 0 Å². The third kappa shape index (κ3) is 2.65. The second kappa shape index (κ2) is 5.50. The van der Waals surface area contributed by atoms with Crippen LogP contribution in [0.3, 0.4) is 0 Å². The summed E-state index contributed by atoms with van der Waals surface area (Å²) in [5, 5.41) is 0. The highest BCUT2D eigenvalue weighted by Crippen LogP contribution is 2.24. The third-order valence-electron chi connectivity index (χ3n) is 2.34. The Labute approximate surface area is 109 Å². The zero-order chi connectivity index (χ0) is 12.1. The molecule has 17 heavy (non-hydrogen) atoms. The summed E-state index contributed by atoms with van der Waals surface area (Å²) in [4.78, 5) is 1.87. The summed E-state index contributed by atoms with van der Waals surface area (Å²) in [5.74, 6) is 0.391. The molecule has 0 heterocycles. The number of benzene rings is 2. The van der Waals surface area contributed by atoms with E-state index in [4.69, 9.17) is 5.73 Å². The van der Waals surface area contributed by atoms with Crippen LogP contribution in [0.5, 0.6) is 0 Å². The van der Waals surface area contributed by atoms with Gasteiger partial charge in [-0.15, -0.1) is 0 Å². The number of guanidine groups is 1. The largest absolute Gasteiger partial charge is 0.368 e. The summed E-state index contributed by atoms with van der Waals surface area (Å²) >= 11 is 3.03. The van der Waals surface area contributed by atoms with E-state index in [1.165, 1.54) is 0 Å². The maximum atomic E-state index is 5.91. The molecule has 0 saturated carbocycles. The lowest BCUT2D eigenvalue weighted by Crippen LogP contribution is -2.32. The highest BCUT2D eigenvalue weighted by atomic mass is 79.9. The van der Waals surface area contributed by atoms with E-state index in [1.807, 2.05) is 65.6 Å². The number of halogens is 1. The van der Waals surface area contributed by atoms with Crippen LogP contribution < -0.4 is 10.6 Å². The van der Waals surface area contributed by atoms with Crippen LogP contribution in [-0.4, -0.2) is 5.96 Å². The fourth-order valence-corrected chi connectivity index (χ4v) is 1.76. The first-order valence-corrected chi connectivity index (χ1v) is 5.88. The smallest absolute Gasteiger partial charge is 0.212 e. The number of para-hydroxylation sites is 2. The van der Waals surface area contributed by atoms with Gasteiger partial charge in [0.1, 0.15) is 0 Å². The van der Waals surface area contributed by atoms with Crippen molar-refractivity contribution >= 4 is 33.5 Å². The first-order chi connectivity index (χ1) is 8.33. The van der Waals surface area contributed by atoms with Crippen LogP contribution in [0.15, 0.2) is 64.7 Å². The molecule has 2 rings (SSSR count). The molecule has 3 nitrogen and oxygen atoms in total. The van der Waals surface area contributed by atoms with Gasteiger partial charge in [-0.05, 0) is 24.3 Å². The Morgan fingerprint density at radius 1 is 0.882 bits per heavy atom. The van der Waals surface area contributed by atoms with E-state index in [0.29, 0.717) is 5.96 Å². The predicted molar refractivity (Wildman–Crippen MR) is 75.6 cm³/mol. The van der Waals surface area contributed by atoms with Crippen LogP contribution in [0, 0.1) is 0 Å². The number of nitrogens with two attached hydrogens (primary N) is 1. The summed E-state index contributed by atoms with van der Waals surface area (Å²) in [5.41, 5.74) is 7.85. The molecule has 86 valence electrons. The summed E-state index contributed by atoms with van der Waals surface area (Å²) in [6.07, 6.45) is 0. The lowest BCUT2D eigenvalue weighted by atomic mass is 10.2. The maximum absolute atomic E-state index is 5.91. The highest BCUT2D eigenvalue weighted by Gasteiger charge is 2.12. The fourth-order valence-electron chi connectivity index (χ4n) is 1.61. The van der Waals surface area contributed by atoms with Gasteiger partial charge in [0.15, 0.2) is 0 Å². The van der Waals surface area contributed by atoms with Crippen molar-refractivity contribution < 1.29 is 0 Å². The van der Waals surface area contributed by atoms with Crippen molar-refractivity contribution in [3.05, 3.63) is 60.7 Å². The normalized spacial score (nSPS) is 11.2. The number of rotatable bonds is 2. The topological polar surface area (TPSA) is 41.6 Å². The number of anilines is 2. The zero-order valence-corrected chi connectivity index (χ0v) is 10.7. The van der Waals surface area contributed by atoms with Crippen LogP contribution in [0.1, 0.15) is 0 Å². The summed E-state index contributed by atoms with van der Waals surface area (Å²) in [6.45, 7) is 0. The summed E-state index contributed by atoms with van der Waals surface area (Å²) in [7, 11) is 0. The average Bonchev–Trinajstić information content (AvgIpc) is 2.41. The quantitative estimate of drug-likeness (QED) is 0.680. The third-order valence-corrected chi connectivity index (χ3v) is 2.71. The number of nitrogens with zero attached hydrogens (tertiary/aromatic N) is 2.